The van der Waals surface area contributed by atoms with E-state index < -0.39 is 0 Å². The molecule has 0 atom stereocenters. The van der Waals surface area contributed by atoms with Crippen LogP contribution in [0, 0.1) is 0 Å². The first kappa shape index (κ1) is 13.6. The topological polar surface area (TPSA) is 0 Å². The zero-order valence-electron chi connectivity index (χ0n) is 12.2. The van der Waals surface area contributed by atoms with Crippen LogP contribution in [0.5, 0.6) is 0 Å². The smallest absolute Gasteiger partial charge is 0.00197 e. The molecule has 0 N–H and O–H groups in total. The zero-order valence-corrected chi connectivity index (χ0v) is 12.2. The minimum atomic E-state index is 0.978. The number of rotatable bonds is 4. The molecule has 0 spiro atoms. The number of hydrogen-bond donors (Lipinski definition) is 0. The monoisotopic (exact) mass is 272 g/mol. The first-order valence-corrected chi connectivity index (χ1v) is 7.58. The average Bonchev–Trinajstić information content (AvgIpc) is 2.57. The van der Waals surface area contributed by atoms with Gasteiger partial charge in [-0.15, -0.1) is 0 Å². The van der Waals surface area contributed by atoms with Crippen molar-refractivity contribution < 1.29 is 0 Å². The van der Waals surface area contributed by atoms with E-state index in [1.54, 1.807) is 0 Å². The Bertz CT molecular complexity index is 658. The molecule has 0 fully saturated rings. The number of allylic oxidation sites excluding steroid dienone is 5. The summed E-state index contributed by atoms with van der Waals surface area (Å²) in [6.45, 7) is 0. The Morgan fingerprint density at radius 1 is 0.857 bits per heavy atom. The van der Waals surface area contributed by atoms with Crippen LogP contribution in [0.4, 0.5) is 0 Å². The predicted octanol–water partition coefficient (Wildman–Crippen LogP) is 5.59. The molecule has 0 unspecified atom stereocenters. The van der Waals surface area contributed by atoms with E-state index in [9.17, 15) is 0 Å². The molecule has 0 aromatic heterocycles. The summed E-state index contributed by atoms with van der Waals surface area (Å²) >= 11 is 0. The van der Waals surface area contributed by atoms with Crippen LogP contribution in [0.2, 0.25) is 0 Å². The Hall–Kier alpha value is -2.34. The SMILES string of the molecule is C1=CC(C(=Cc2ccccc2)Cc2ccccc2)=CCC1. The molecule has 0 aliphatic heterocycles. The van der Waals surface area contributed by atoms with E-state index in [-0.39, 0.29) is 0 Å². The maximum atomic E-state index is 2.36. The Morgan fingerprint density at radius 2 is 1.57 bits per heavy atom. The number of benzene rings is 2. The minimum Gasteiger partial charge on any atom is -0.0836 e. The van der Waals surface area contributed by atoms with Gasteiger partial charge in [0.25, 0.3) is 0 Å². The van der Waals surface area contributed by atoms with E-state index in [2.05, 4.69) is 85.0 Å². The lowest BCUT2D eigenvalue weighted by molar-refractivity contribution is 1.01. The molecule has 2 aromatic rings. The fourth-order valence-corrected chi connectivity index (χ4v) is 2.65. The highest BCUT2D eigenvalue weighted by atomic mass is 14.1. The third kappa shape index (κ3) is 3.82. The fraction of sp³-hybridized carbons (Fsp3) is 0.143. The van der Waals surface area contributed by atoms with E-state index in [0.717, 1.165) is 19.3 Å². The Balaban J connectivity index is 1.93. The molecular formula is C21H20. The van der Waals surface area contributed by atoms with Crippen LogP contribution in [0.1, 0.15) is 24.0 Å². The van der Waals surface area contributed by atoms with Crippen LogP contribution in [0.15, 0.2) is 90.0 Å². The van der Waals surface area contributed by atoms with Crippen LogP contribution in [-0.4, -0.2) is 0 Å². The summed E-state index contributed by atoms with van der Waals surface area (Å²) in [7, 11) is 0. The van der Waals surface area contributed by atoms with E-state index in [1.165, 1.54) is 22.3 Å². The first-order chi connectivity index (χ1) is 10.4. The van der Waals surface area contributed by atoms with Gasteiger partial charge in [-0.05, 0) is 41.5 Å². The maximum absolute atomic E-state index is 2.36. The zero-order chi connectivity index (χ0) is 14.3. The van der Waals surface area contributed by atoms with Gasteiger partial charge in [-0.1, -0.05) is 85.0 Å². The quantitative estimate of drug-likeness (QED) is 0.680. The molecule has 0 saturated heterocycles. The molecule has 21 heavy (non-hydrogen) atoms. The van der Waals surface area contributed by atoms with Crippen molar-refractivity contribution in [3.8, 4) is 0 Å². The molecule has 0 bridgehead atoms. The van der Waals surface area contributed by atoms with Crippen molar-refractivity contribution in [2.75, 3.05) is 0 Å². The van der Waals surface area contributed by atoms with Gasteiger partial charge in [-0.25, -0.2) is 0 Å². The first-order valence-electron chi connectivity index (χ1n) is 7.58. The summed E-state index contributed by atoms with van der Waals surface area (Å²) in [6, 6.07) is 21.3. The van der Waals surface area contributed by atoms with Crippen molar-refractivity contribution in [2.45, 2.75) is 19.3 Å². The van der Waals surface area contributed by atoms with Gasteiger partial charge in [-0.3, -0.25) is 0 Å². The van der Waals surface area contributed by atoms with E-state index in [0.29, 0.717) is 0 Å². The van der Waals surface area contributed by atoms with Gasteiger partial charge in [0, 0.05) is 0 Å². The van der Waals surface area contributed by atoms with Gasteiger partial charge in [0.2, 0.25) is 0 Å². The molecule has 3 rings (SSSR count). The molecule has 0 radical (unpaired) electrons. The molecule has 0 heteroatoms. The lowest BCUT2D eigenvalue weighted by Gasteiger charge is -2.13. The Morgan fingerprint density at radius 3 is 2.24 bits per heavy atom. The molecule has 2 aromatic carbocycles. The van der Waals surface area contributed by atoms with Crippen molar-refractivity contribution in [1.82, 2.24) is 0 Å². The van der Waals surface area contributed by atoms with Gasteiger partial charge < -0.3 is 0 Å². The van der Waals surface area contributed by atoms with Gasteiger partial charge in [0.1, 0.15) is 0 Å². The summed E-state index contributed by atoms with van der Waals surface area (Å²) in [4.78, 5) is 0. The highest BCUT2D eigenvalue weighted by Gasteiger charge is 2.06. The lowest BCUT2D eigenvalue weighted by Crippen LogP contribution is -1.96. The number of hydrogen-bond acceptors (Lipinski definition) is 0. The largest absolute Gasteiger partial charge is 0.0836 e. The van der Waals surface area contributed by atoms with Crippen molar-refractivity contribution in [2.24, 2.45) is 0 Å². The van der Waals surface area contributed by atoms with Gasteiger partial charge in [0.05, 0.1) is 0 Å². The maximum Gasteiger partial charge on any atom is -0.00197 e. The van der Waals surface area contributed by atoms with Gasteiger partial charge >= 0.3 is 0 Å². The Labute approximate surface area is 127 Å². The average molecular weight is 272 g/mol. The summed E-state index contributed by atoms with van der Waals surface area (Å²) in [6.07, 6.45) is 12.5. The third-order valence-corrected chi connectivity index (χ3v) is 3.74. The summed E-state index contributed by atoms with van der Waals surface area (Å²) in [5.41, 5.74) is 5.39. The van der Waals surface area contributed by atoms with Crippen molar-refractivity contribution in [3.05, 3.63) is 101 Å². The van der Waals surface area contributed by atoms with E-state index in [4.69, 9.17) is 0 Å². The fourth-order valence-electron chi connectivity index (χ4n) is 2.65. The second-order valence-corrected chi connectivity index (χ2v) is 5.38. The van der Waals surface area contributed by atoms with Crippen LogP contribution in [0.25, 0.3) is 6.08 Å². The molecule has 0 heterocycles. The molecule has 0 nitrogen and oxygen atoms in total. The van der Waals surface area contributed by atoms with Crippen LogP contribution in [-0.2, 0) is 6.42 Å². The van der Waals surface area contributed by atoms with Crippen LogP contribution < -0.4 is 0 Å². The second-order valence-electron chi connectivity index (χ2n) is 5.38. The molecule has 0 saturated carbocycles. The highest BCUT2D eigenvalue weighted by Crippen LogP contribution is 2.24. The van der Waals surface area contributed by atoms with E-state index >= 15 is 0 Å². The minimum absolute atomic E-state index is 0.978. The Kier molecular flexibility index (Phi) is 4.48. The predicted molar refractivity (Wildman–Crippen MR) is 91.0 cm³/mol. The standard InChI is InChI=1S/C21H20/c1-4-10-18(11-5-1)16-21(20-14-8-3-9-15-20)17-19-12-6-2-7-13-19/h1-2,4-8,10-16H,3,9,17H2. The summed E-state index contributed by atoms with van der Waals surface area (Å²) in [5.74, 6) is 0. The van der Waals surface area contributed by atoms with Crippen LogP contribution in [0.3, 0.4) is 0 Å². The lowest BCUT2D eigenvalue weighted by atomic mass is 9.92. The molecule has 1 aliphatic rings. The van der Waals surface area contributed by atoms with Gasteiger partial charge in [0.15, 0.2) is 0 Å². The van der Waals surface area contributed by atoms with Gasteiger partial charge in [-0.2, -0.15) is 0 Å². The molecular weight excluding hydrogens is 252 g/mol. The normalized spacial score (nSPS) is 14.9. The van der Waals surface area contributed by atoms with Crippen molar-refractivity contribution in [3.63, 3.8) is 0 Å². The van der Waals surface area contributed by atoms with Crippen molar-refractivity contribution in [1.29, 1.82) is 0 Å². The molecule has 0 amide bonds. The molecule has 1 aliphatic carbocycles. The second kappa shape index (κ2) is 6.90. The summed E-state index contributed by atoms with van der Waals surface area (Å²) < 4.78 is 0. The summed E-state index contributed by atoms with van der Waals surface area (Å²) in [5, 5.41) is 0. The van der Waals surface area contributed by atoms with Crippen LogP contribution >= 0.6 is 0 Å². The van der Waals surface area contributed by atoms with Crippen molar-refractivity contribution >= 4 is 6.08 Å². The van der Waals surface area contributed by atoms with E-state index in [1.807, 2.05) is 0 Å². The molecule has 104 valence electrons. The highest BCUT2D eigenvalue weighted by molar-refractivity contribution is 5.62. The third-order valence-electron chi connectivity index (χ3n) is 3.74.